The Hall–Kier alpha value is -0.180. The molecular formula is C8H19NO5S2. The van der Waals surface area contributed by atoms with E-state index in [4.69, 9.17) is 5.11 Å². The van der Waals surface area contributed by atoms with Crippen LogP contribution in [-0.2, 0) is 19.9 Å². The zero-order valence-electron chi connectivity index (χ0n) is 9.59. The first-order valence-corrected chi connectivity index (χ1v) is 8.66. The van der Waals surface area contributed by atoms with Crippen molar-refractivity contribution in [3.05, 3.63) is 0 Å². The van der Waals surface area contributed by atoms with E-state index in [0.29, 0.717) is 13.0 Å². The van der Waals surface area contributed by atoms with E-state index in [0.717, 1.165) is 10.6 Å². The van der Waals surface area contributed by atoms with Crippen LogP contribution in [0.3, 0.4) is 0 Å². The van der Waals surface area contributed by atoms with Crippen LogP contribution >= 0.6 is 0 Å². The predicted octanol–water partition coefficient (Wildman–Crippen LogP) is -0.935. The molecule has 0 spiro atoms. The number of aliphatic hydroxyl groups excluding tert-OH is 1. The van der Waals surface area contributed by atoms with Crippen molar-refractivity contribution in [1.29, 1.82) is 0 Å². The van der Waals surface area contributed by atoms with Crippen molar-refractivity contribution in [2.75, 3.05) is 37.5 Å². The molecule has 0 atom stereocenters. The van der Waals surface area contributed by atoms with Crippen LogP contribution in [-0.4, -0.2) is 63.7 Å². The zero-order chi connectivity index (χ0) is 12.8. The predicted molar refractivity (Wildman–Crippen MR) is 62.4 cm³/mol. The molecule has 0 aliphatic rings. The standard InChI is InChI=1S/C8H19NO5S2/c1-3-4-9(5-6-10)16(13,14)8-7-15(2,11)12/h10H,3-8H2,1-2H3. The normalized spacial score (nSPS) is 13.2. The van der Waals surface area contributed by atoms with Crippen LogP contribution < -0.4 is 0 Å². The van der Waals surface area contributed by atoms with Crippen LogP contribution in [0.1, 0.15) is 13.3 Å². The maximum Gasteiger partial charge on any atom is 0.215 e. The van der Waals surface area contributed by atoms with Crippen LogP contribution in [0.5, 0.6) is 0 Å². The average molecular weight is 273 g/mol. The maximum absolute atomic E-state index is 11.7. The molecule has 0 saturated heterocycles. The van der Waals surface area contributed by atoms with Gasteiger partial charge in [0.1, 0.15) is 9.84 Å². The Morgan fingerprint density at radius 2 is 1.62 bits per heavy atom. The third-order valence-corrected chi connectivity index (χ3v) is 5.00. The number of nitrogens with zero attached hydrogens (tertiary/aromatic N) is 1. The quantitative estimate of drug-likeness (QED) is 0.616. The van der Waals surface area contributed by atoms with Crippen LogP contribution in [0.15, 0.2) is 0 Å². The van der Waals surface area contributed by atoms with Crippen molar-refractivity contribution in [3.63, 3.8) is 0 Å². The Balaban J connectivity index is 4.60. The Bertz CT molecular complexity index is 381. The molecule has 0 aromatic carbocycles. The number of sulfonamides is 1. The van der Waals surface area contributed by atoms with Crippen molar-refractivity contribution < 1.29 is 21.9 Å². The van der Waals surface area contributed by atoms with Crippen LogP contribution in [0.2, 0.25) is 0 Å². The molecule has 1 N–H and O–H groups in total. The lowest BCUT2D eigenvalue weighted by molar-refractivity contribution is 0.253. The molecule has 0 aliphatic carbocycles. The fourth-order valence-electron chi connectivity index (χ4n) is 1.14. The van der Waals surface area contributed by atoms with Gasteiger partial charge in [-0.25, -0.2) is 16.8 Å². The molecule has 0 aliphatic heterocycles. The van der Waals surface area contributed by atoms with E-state index in [1.165, 1.54) is 0 Å². The van der Waals surface area contributed by atoms with Crippen molar-refractivity contribution in [1.82, 2.24) is 4.31 Å². The van der Waals surface area contributed by atoms with E-state index in [1.807, 2.05) is 6.92 Å². The Labute approximate surface area is 97.2 Å². The summed E-state index contributed by atoms with van der Waals surface area (Å²) in [5.74, 6) is -0.813. The molecule has 0 saturated carbocycles. The molecule has 0 radical (unpaired) electrons. The molecule has 0 aromatic rings. The Kier molecular flexibility index (Phi) is 6.46. The van der Waals surface area contributed by atoms with E-state index >= 15 is 0 Å². The minimum Gasteiger partial charge on any atom is -0.395 e. The lowest BCUT2D eigenvalue weighted by Crippen LogP contribution is -2.37. The van der Waals surface area contributed by atoms with Gasteiger partial charge >= 0.3 is 0 Å². The molecule has 98 valence electrons. The highest BCUT2D eigenvalue weighted by Crippen LogP contribution is 2.03. The van der Waals surface area contributed by atoms with Gasteiger partial charge in [-0.05, 0) is 6.42 Å². The zero-order valence-corrected chi connectivity index (χ0v) is 11.2. The van der Waals surface area contributed by atoms with Crippen LogP contribution in [0.25, 0.3) is 0 Å². The van der Waals surface area contributed by atoms with Gasteiger partial charge in [0.15, 0.2) is 0 Å². The molecular weight excluding hydrogens is 254 g/mol. The van der Waals surface area contributed by atoms with Gasteiger partial charge in [0, 0.05) is 19.3 Å². The summed E-state index contributed by atoms with van der Waals surface area (Å²) in [7, 11) is -6.87. The molecule has 0 unspecified atom stereocenters. The minimum atomic E-state index is -3.59. The monoisotopic (exact) mass is 273 g/mol. The van der Waals surface area contributed by atoms with Crippen molar-refractivity contribution in [2.24, 2.45) is 0 Å². The van der Waals surface area contributed by atoms with Gasteiger partial charge in [0.25, 0.3) is 0 Å². The second kappa shape index (κ2) is 6.53. The van der Waals surface area contributed by atoms with E-state index < -0.39 is 25.6 Å². The highest BCUT2D eigenvalue weighted by atomic mass is 32.2. The summed E-state index contributed by atoms with van der Waals surface area (Å²) in [4.78, 5) is 0. The fraction of sp³-hybridized carbons (Fsp3) is 1.00. The second-order valence-corrected chi connectivity index (χ2v) is 7.92. The van der Waals surface area contributed by atoms with E-state index in [2.05, 4.69) is 0 Å². The first kappa shape index (κ1) is 15.8. The fourth-order valence-corrected chi connectivity index (χ4v) is 4.27. The summed E-state index contributed by atoms with van der Waals surface area (Å²) in [6, 6.07) is 0. The average Bonchev–Trinajstić information content (AvgIpc) is 2.14. The summed E-state index contributed by atoms with van der Waals surface area (Å²) >= 11 is 0. The maximum atomic E-state index is 11.7. The highest BCUT2D eigenvalue weighted by Gasteiger charge is 2.22. The van der Waals surface area contributed by atoms with E-state index in [-0.39, 0.29) is 18.9 Å². The molecule has 0 aromatic heterocycles. The minimum absolute atomic E-state index is 0.0138. The van der Waals surface area contributed by atoms with Gasteiger partial charge in [-0.2, -0.15) is 4.31 Å². The number of sulfone groups is 1. The van der Waals surface area contributed by atoms with E-state index in [1.54, 1.807) is 0 Å². The molecule has 6 nitrogen and oxygen atoms in total. The van der Waals surface area contributed by atoms with Crippen LogP contribution in [0, 0.1) is 0 Å². The third-order valence-electron chi connectivity index (χ3n) is 1.93. The largest absolute Gasteiger partial charge is 0.395 e. The van der Waals surface area contributed by atoms with Crippen molar-refractivity contribution in [3.8, 4) is 0 Å². The summed E-state index contributed by atoms with van der Waals surface area (Å²) < 4.78 is 46.3. The SMILES string of the molecule is CCCN(CCO)S(=O)(=O)CCS(C)(=O)=O. The Morgan fingerprint density at radius 3 is 2.00 bits per heavy atom. The van der Waals surface area contributed by atoms with Gasteiger partial charge in [-0.15, -0.1) is 0 Å². The highest BCUT2D eigenvalue weighted by molar-refractivity contribution is 7.93. The first-order valence-electron chi connectivity index (χ1n) is 4.99. The van der Waals surface area contributed by atoms with Crippen molar-refractivity contribution >= 4 is 19.9 Å². The molecule has 0 heterocycles. The summed E-state index contributed by atoms with van der Waals surface area (Å²) in [6.07, 6.45) is 1.62. The summed E-state index contributed by atoms with van der Waals surface area (Å²) in [6.45, 7) is 1.86. The topological polar surface area (TPSA) is 91.8 Å². The van der Waals surface area contributed by atoms with Gasteiger partial charge < -0.3 is 5.11 Å². The van der Waals surface area contributed by atoms with Crippen molar-refractivity contribution in [2.45, 2.75) is 13.3 Å². The first-order chi connectivity index (χ1) is 7.23. The lowest BCUT2D eigenvalue weighted by atomic mass is 10.5. The van der Waals surface area contributed by atoms with Gasteiger partial charge in [0.2, 0.25) is 10.0 Å². The number of rotatable bonds is 8. The molecule has 0 rings (SSSR count). The molecule has 0 bridgehead atoms. The summed E-state index contributed by atoms with van der Waals surface area (Å²) in [5.41, 5.74) is 0. The second-order valence-electron chi connectivity index (χ2n) is 3.57. The smallest absolute Gasteiger partial charge is 0.215 e. The molecule has 0 fully saturated rings. The third kappa shape index (κ3) is 6.41. The van der Waals surface area contributed by atoms with Gasteiger partial charge in [-0.3, -0.25) is 0 Å². The van der Waals surface area contributed by atoms with Crippen LogP contribution in [0.4, 0.5) is 0 Å². The number of hydrogen-bond acceptors (Lipinski definition) is 5. The van der Waals surface area contributed by atoms with Gasteiger partial charge in [-0.1, -0.05) is 6.92 Å². The van der Waals surface area contributed by atoms with Gasteiger partial charge in [0.05, 0.1) is 18.1 Å². The number of aliphatic hydroxyl groups is 1. The lowest BCUT2D eigenvalue weighted by Gasteiger charge is -2.20. The molecule has 8 heteroatoms. The van der Waals surface area contributed by atoms with E-state index in [9.17, 15) is 16.8 Å². The Morgan fingerprint density at radius 1 is 1.06 bits per heavy atom. The number of hydrogen-bond donors (Lipinski definition) is 1. The summed E-state index contributed by atoms with van der Waals surface area (Å²) in [5, 5.41) is 8.73. The molecule has 0 amide bonds. The molecule has 16 heavy (non-hydrogen) atoms.